The van der Waals surface area contributed by atoms with Crippen LogP contribution in [0.1, 0.15) is 50.6 Å². The summed E-state index contributed by atoms with van der Waals surface area (Å²) in [5.74, 6) is -0.183. The number of hydrogen-bond acceptors (Lipinski definition) is 7. The molecule has 2 aromatic heterocycles. The van der Waals surface area contributed by atoms with Gasteiger partial charge in [-0.05, 0) is 76.6 Å². The highest BCUT2D eigenvalue weighted by molar-refractivity contribution is 7.92. The molecule has 0 aliphatic rings. The minimum atomic E-state index is -4.06. The number of anilines is 1. The molecule has 8 nitrogen and oxygen atoms in total. The Balaban J connectivity index is 1.79. The molecule has 11 heteroatoms. The Labute approximate surface area is 226 Å². The van der Waals surface area contributed by atoms with E-state index in [1.807, 2.05) is 44.6 Å². The van der Waals surface area contributed by atoms with Crippen molar-refractivity contribution in [1.29, 1.82) is 0 Å². The number of aryl methyl sites for hydroxylation is 2. The Morgan fingerprint density at radius 2 is 1.84 bits per heavy atom. The van der Waals surface area contributed by atoms with Crippen LogP contribution in [0.3, 0.4) is 0 Å². The fourth-order valence-electron chi connectivity index (χ4n) is 4.09. The van der Waals surface area contributed by atoms with Crippen LogP contribution in [0.4, 0.5) is 10.1 Å². The lowest BCUT2D eigenvalue weighted by molar-refractivity contribution is -0.155. The van der Waals surface area contributed by atoms with Crippen LogP contribution in [0.15, 0.2) is 52.7 Å². The first-order valence-electron chi connectivity index (χ1n) is 12.3. The van der Waals surface area contributed by atoms with E-state index in [0.717, 1.165) is 23.6 Å². The SMILES string of the molecule is CCCc1nc2cc(N(Cc3csc(C)n3)S(=O)(=O)c3ccc(F)cc3)ccc2n1CC(=O)OC(C)(C)C. The largest absolute Gasteiger partial charge is 0.459 e. The average Bonchev–Trinajstić information content (AvgIpc) is 3.39. The Hall–Kier alpha value is -3.31. The molecule has 0 aliphatic carbocycles. The topological polar surface area (TPSA) is 94.4 Å². The van der Waals surface area contributed by atoms with Gasteiger partial charge in [-0.1, -0.05) is 6.92 Å². The molecule has 38 heavy (non-hydrogen) atoms. The monoisotopic (exact) mass is 558 g/mol. The third-order valence-corrected chi connectivity index (χ3v) is 8.26. The standard InChI is InChI=1S/C27H31FN4O4S2/c1-6-7-25-30-23-14-21(10-13-24(23)31(25)16-26(33)36-27(3,4)5)32(15-20-17-37-18(2)29-20)38(34,35)22-11-8-19(28)9-12-22/h8-14,17H,6-7,15-16H2,1-5H3. The smallest absolute Gasteiger partial charge is 0.326 e. The number of fused-ring (bicyclic) bond motifs is 1. The second-order valence-electron chi connectivity index (χ2n) is 9.95. The maximum Gasteiger partial charge on any atom is 0.326 e. The lowest BCUT2D eigenvalue weighted by atomic mass is 10.2. The molecule has 0 spiro atoms. The molecular formula is C27H31FN4O4S2. The summed E-state index contributed by atoms with van der Waals surface area (Å²) in [6, 6.07) is 9.88. The highest BCUT2D eigenvalue weighted by atomic mass is 32.2. The molecule has 0 radical (unpaired) electrons. The highest BCUT2D eigenvalue weighted by Crippen LogP contribution is 2.30. The first kappa shape index (κ1) is 27.7. The van der Waals surface area contributed by atoms with Gasteiger partial charge in [0, 0.05) is 11.8 Å². The zero-order valence-corrected chi connectivity index (χ0v) is 23.7. The van der Waals surface area contributed by atoms with E-state index < -0.39 is 21.4 Å². The summed E-state index contributed by atoms with van der Waals surface area (Å²) in [6.45, 7) is 9.32. The number of sulfonamides is 1. The number of halogens is 1. The summed E-state index contributed by atoms with van der Waals surface area (Å²) in [7, 11) is -4.06. The van der Waals surface area contributed by atoms with Crippen molar-refractivity contribution < 1.29 is 22.3 Å². The second kappa shape index (κ2) is 10.8. The summed E-state index contributed by atoms with van der Waals surface area (Å²) >= 11 is 1.43. The van der Waals surface area contributed by atoms with Gasteiger partial charge in [-0.2, -0.15) is 0 Å². The van der Waals surface area contributed by atoms with E-state index >= 15 is 0 Å². The molecule has 0 saturated heterocycles. The molecule has 0 saturated carbocycles. The maximum absolute atomic E-state index is 13.7. The summed E-state index contributed by atoms with van der Waals surface area (Å²) < 4.78 is 49.6. The van der Waals surface area contributed by atoms with Gasteiger partial charge in [-0.15, -0.1) is 11.3 Å². The Morgan fingerprint density at radius 1 is 1.13 bits per heavy atom. The molecule has 0 atom stereocenters. The number of hydrogen-bond donors (Lipinski definition) is 0. The van der Waals surface area contributed by atoms with E-state index in [1.165, 1.54) is 27.8 Å². The highest BCUT2D eigenvalue weighted by Gasteiger charge is 2.27. The van der Waals surface area contributed by atoms with Gasteiger partial charge in [0.25, 0.3) is 10.0 Å². The van der Waals surface area contributed by atoms with Crippen molar-refractivity contribution in [3.8, 4) is 0 Å². The fourth-order valence-corrected chi connectivity index (χ4v) is 6.13. The molecule has 202 valence electrons. The Kier molecular flexibility index (Phi) is 7.89. The first-order valence-corrected chi connectivity index (χ1v) is 14.6. The average molecular weight is 559 g/mol. The van der Waals surface area contributed by atoms with Crippen molar-refractivity contribution in [2.75, 3.05) is 4.31 Å². The van der Waals surface area contributed by atoms with Crippen molar-refractivity contribution in [2.24, 2.45) is 0 Å². The van der Waals surface area contributed by atoms with Crippen LogP contribution < -0.4 is 4.31 Å². The molecule has 0 aliphatic heterocycles. The number of imidazole rings is 1. The van der Waals surface area contributed by atoms with Crippen LogP contribution in [0.5, 0.6) is 0 Å². The lowest BCUT2D eigenvalue weighted by Gasteiger charge is -2.24. The predicted octanol–water partition coefficient (Wildman–Crippen LogP) is 5.63. The van der Waals surface area contributed by atoms with E-state index in [4.69, 9.17) is 9.72 Å². The summed E-state index contributed by atoms with van der Waals surface area (Å²) in [4.78, 5) is 21.8. The molecule has 4 aromatic rings. The number of ether oxygens (including phenoxy) is 1. The number of thiazole rings is 1. The van der Waals surface area contributed by atoms with Crippen molar-refractivity contribution in [3.63, 3.8) is 0 Å². The normalized spacial score (nSPS) is 12.2. The minimum absolute atomic E-state index is 0.00184. The van der Waals surface area contributed by atoms with Gasteiger partial charge >= 0.3 is 5.97 Å². The molecule has 4 rings (SSSR count). The lowest BCUT2D eigenvalue weighted by Crippen LogP contribution is -2.30. The number of carbonyl (C=O) groups excluding carboxylic acids is 1. The molecule has 0 N–H and O–H groups in total. The summed E-state index contributed by atoms with van der Waals surface area (Å²) in [6.07, 6.45) is 1.46. The van der Waals surface area contributed by atoms with Gasteiger partial charge in [0.15, 0.2) is 0 Å². The number of rotatable bonds is 9. The Bertz CT molecular complexity index is 1550. The molecule has 0 unspecified atom stereocenters. The molecule has 0 amide bonds. The van der Waals surface area contributed by atoms with Crippen LogP contribution >= 0.6 is 11.3 Å². The Morgan fingerprint density at radius 3 is 2.45 bits per heavy atom. The zero-order valence-electron chi connectivity index (χ0n) is 22.1. The molecule has 2 heterocycles. The van der Waals surface area contributed by atoms with E-state index in [2.05, 4.69) is 4.98 Å². The van der Waals surface area contributed by atoms with Crippen LogP contribution in [-0.2, 0) is 39.1 Å². The number of carbonyl (C=O) groups is 1. The molecule has 2 aromatic carbocycles. The number of aromatic nitrogens is 3. The summed E-state index contributed by atoms with van der Waals surface area (Å²) in [5.41, 5.74) is 1.63. The van der Waals surface area contributed by atoms with Crippen molar-refractivity contribution >= 4 is 44.1 Å². The summed E-state index contributed by atoms with van der Waals surface area (Å²) in [5, 5.41) is 2.63. The van der Waals surface area contributed by atoms with E-state index in [0.29, 0.717) is 34.7 Å². The second-order valence-corrected chi connectivity index (χ2v) is 12.9. The zero-order chi connectivity index (χ0) is 27.7. The molecule has 0 fully saturated rings. The molecule has 0 bridgehead atoms. The number of benzene rings is 2. The van der Waals surface area contributed by atoms with Crippen LogP contribution in [0.25, 0.3) is 11.0 Å². The van der Waals surface area contributed by atoms with E-state index in [9.17, 15) is 17.6 Å². The van der Waals surface area contributed by atoms with Gasteiger partial charge in [0.1, 0.15) is 23.8 Å². The van der Waals surface area contributed by atoms with Gasteiger partial charge in [-0.25, -0.2) is 22.8 Å². The van der Waals surface area contributed by atoms with Crippen LogP contribution in [-0.4, -0.2) is 34.5 Å². The number of nitrogens with zero attached hydrogens (tertiary/aromatic N) is 4. The van der Waals surface area contributed by atoms with Gasteiger partial charge in [-0.3, -0.25) is 9.10 Å². The van der Waals surface area contributed by atoms with Gasteiger partial charge in [0.2, 0.25) is 0 Å². The van der Waals surface area contributed by atoms with E-state index in [-0.39, 0.29) is 24.0 Å². The van der Waals surface area contributed by atoms with Gasteiger partial charge < -0.3 is 9.30 Å². The quantitative estimate of drug-likeness (QED) is 0.247. The molecular weight excluding hydrogens is 527 g/mol. The fraction of sp³-hybridized carbons (Fsp3) is 0.370. The van der Waals surface area contributed by atoms with Crippen LogP contribution in [0.2, 0.25) is 0 Å². The number of esters is 1. The van der Waals surface area contributed by atoms with Crippen molar-refractivity contribution in [3.05, 3.63) is 70.2 Å². The maximum atomic E-state index is 13.7. The van der Waals surface area contributed by atoms with Crippen molar-refractivity contribution in [2.45, 2.75) is 71.0 Å². The predicted molar refractivity (Wildman–Crippen MR) is 146 cm³/mol. The third-order valence-electron chi connectivity index (χ3n) is 5.65. The van der Waals surface area contributed by atoms with Gasteiger partial charge in [0.05, 0.1) is 38.9 Å². The van der Waals surface area contributed by atoms with E-state index in [1.54, 1.807) is 18.2 Å². The van der Waals surface area contributed by atoms with Crippen molar-refractivity contribution in [1.82, 2.24) is 14.5 Å². The van der Waals surface area contributed by atoms with Crippen LogP contribution in [0, 0.1) is 12.7 Å². The first-order chi connectivity index (χ1) is 17.9. The minimum Gasteiger partial charge on any atom is -0.459 e. The third kappa shape index (κ3) is 6.21.